The van der Waals surface area contributed by atoms with Gasteiger partial charge in [-0.3, -0.25) is 4.98 Å². The molecule has 0 saturated carbocycles. The van der Waals surface area contributed by atoms with Crippen molar-refractivity contribution in [3.8, 4) is 0 Å². The highest BCUT2D eigenvalue weighted by Gasteiger charge is 2.11. The standard InChI is InChI=1S/C12H10N2O2/c15-12(16)11-9(4-3-7-14-11)8-10-5-1-2-6-13-10/h1-7H,8H2,(H,15,16). The van der Waals surface area contributed by atoms with E-state index < -0.39 is 5.97 Å². The van der Waals surface area contributed by atoms with Crippen molar-refractivity contribution in [3.05, 3.63) is 59.7 Å². The third-order valence-electron chi connectivity index (χ3n) is 2.19. The van der Waals surface area contributed by atoms with Crippen molar-refractivity contribution >= 4 is 5.97 Å². The Hall–Kier alpha value is -2.23. The predicted octanol–water partition coefficient (Wildman–Crippen LogP) is 1.77. The molecule has 0 unspecified atom stereocenters. The molecular formula is C12H10N2O2. The van der Waals surface area contributed by atoms with Gasteiger partial charge in [0, 0.05) is 24.5 Å². The topological polar surface area (TPSA) is 63.1 Å². The highest BCUT2D eigenvalue weighted by molar-refractivity contribution is 5.87. The van der Waals surface area contributed by atoms with Crippen LogP contribution in [0.3, 0.4) is 0 Å². The van der Waals surface area contributed by atoms with Crippen LogP contribution in [0.15, 0.2) is 42.7 Å². The maximum Gasteiger partial charge on any atom is 0.354 e. The molecule has 80 valence electrons. The molecule has 0 bridgehead atoms. The average Bonchev–Trinajstić information content (AvgIpc) is 2.31. The summed E-state index contributed by atoms with van der Waals surface area (Å²) in [5.41, 5.74) is 1.60. The number of nitrogens with zero attached hydrogens (tertiary/aromatic N) is 2. The van der Waals surface area contributed by atoms with Crippen molar-refractivity contribution < 1.29 is 9.90 Å². The van der Waals surface area contributed by atoms with Gasteiger partial charge in [0.15, 0.2) is 5.69 Å². The maximum atomic E-state index is 10.9. The number of carbonyl (C=O) groups is 1. The maximum absolute atomic E-state index is 10.9. The van der Waals surface area contributed by atoms with Crippen LogP contribution in [0.1, 0.15) is 21.7 Å². The van der Waals surface area contributed by atoms with Crippen LogP contribution in [-0.4, -0.2) is 21.0 Å². The van der Waals surface area contributed by atoms with Crippen LogP contribution in [0, 0.1) is 0 Å². The number of pyridine rings is 2. The average molecular weight is 214 g/mol. The molecule has 1 N–H and O–H groups in total. The number of carboxylic acid groups (broad SMARTS) is 1. The second kappa shape index (κ2) is 4.53. The molecule has 4 nitrogen and oxygen atoms in total. The normalized spacial score (nSPS) is 10.0. The van der Waals surface area contributed by atoms with Gasteiger partial charge in [-0.15, -0.1) is 0 Å². The van der Waals surface area contributed by atoms with E-state index in [1.165, 1.54) is 6.20 Å². The lowest BCUT2D eigenvalue weighted by atomic mass is 10.1. The van der Waals surface area contributed by atoms with Crippen molar-refractivity contribution in [1.29, 1.82) is 0 Å². The van der Waals surface area contributed by atoms with Gasteiger partial charge in [0.05, 0.1) is 0 Å². The lowest BCUT2D eigenvalue weighted by molar-refractivity contribution is 0.0689. The van der Waals surface area contributed by atoms with Crippen LogP contribution < -0.4 is 0 Å². The molecule has 0 aliphatic carbocycles. The summed E-state index contributed by atoms with van der Waals surface area (Å²) >= 11 is 0. The Morgan fingerprint density at radius 2 is 1.94 bits per heavy atom. The number of rotatable bonds is 3. The first-order chi connectivity index (χ1) is 7.77. The molecule has 0 aromatic carbocycles. The van der Waals surface area contributed by atoms with Gasteiger partial charge in [-0.05, 0) is 23.8 Å². The Morgan fingerprint density at radius 3 is 2.62 bits per heavy atom. The Labute approximate surface area is 92.6 Å². The molecule has 2 rings (SSSR count). The molecule has 2 heterocycles. The van der Waals surface area contributed by atoms with E-state index in [1.54, 1.807) is 18.3 Å². The zero-order valence-corrected chi connectivity index (χ0v) is 8.50. The van der Waals surface area contributed by atoms with E-state index in [2.05, 4.69) is 9.97 Å². The van der Waals surface area contributed by atoms with E-state index in [0.717, 1.165) is 5.69 Å². The monoisotopic (exact) mass is 214 g/mol. The van der Waals surface area contributed by atoms with Gasteiger partial charge in [0.1, 0.15) is 0 Å². The Kier molecular flexibility index (Phi) is 2.91. The van der Waals surface area contributed by atoms with E-state index >= 15 is 0 Å². The zero-order valence-electron chi connectivity index (χ0n) is 8.50. The van der Waals surface area contributed by atoms with Crippen LogP contribution in [0.25, 0.3) is 0 Å². The summed E-state index contributed by atoms with van der Waals surface area (Å²) in [6, 6.07) is 9.04. The van der Waals surface area contributed by atoms with E-state index in [-0.39, 0.29) is 5.69 Å². The summed E-state index contributed by atoms with van der Waals surface area (Å²) in [5, 5.41) is 8.96. The minimum Gasteiger partial charge on any atom is -0.477 e. The lowest BCUT2D eigenvalue weighted by Gasteiger charge is -2.03. The predicted molar refractivity (Wildman–Crippen MR) is 58.2 cm³/mol. The van der Waals surface area contributed by atoms with Crippen LogP contribution in [-0.2, 0) is 6.42 Å². The number of hydrogen-bond acceptors (Lipinski definition) is 3. The SMILES string of the molecule is O=C(O)c1ncccc1Cc1ccccn1. The first-order valence-electron chi connectivity index (χ1n) is 4.84. The molecule has 2 aromatic rings. The van der Waals surface area contributed by atoms with Crippen LogP contribution in [0.5, 0.6) is 0 Å². The molecule has 0 fully saturated rings. The van der Waals surface area contributed by atoms with Gasteiger partial charge in [-0.25, -0.2) is 9.78 Å². The number of hydrogen-bond donors (Lipinski definition) is 1. The van der Waals surface area contributed by atoms with Crippen molar-refractivity contribution in [2.24, 2.45) is 0 Å². The number of aromatic carboxylic acids is 1. The lowest BCUT2D eigenvalue weighted by Crippen LogP contribution is -2.06. The highest BCUT2D eigenvalue weighted by atomic mass is 16.4. The highest BCUT2D eigenvalue weighted by Crippen LogP contribution is 2.10. The Bertz CT molecular complexity index is 497. The molecule has 0 saturated heterocycles. The van der Waals surface area contributed by atoms with E-state index in [9.17, 15) is 4.79 Å². The molecule has 0 aliphatic rings. The van der Waals surface area contributed by atoms with E-state index in [1.807, 2.05) is 18.2 Å². The summed E-state index contributed by atoms with van der Waals surface area (Å²) in [4.78, 5) is 18.9. The fourth-order valence-electron chi connectivity index (χ4n) is 1.47. The Balaban J connectivity index is 2.31. The van der Waals surface area contributed by atoms with Crippen molar-refractivity contribution in [1.82, 2.24) is 9.97 Å². The Morgan fingerprint density at radius 1 is 1.12 bits per heavy atom. The number of carboxylic acids is 1. The third kappa shape index (κ3) is 2.23. The van der Waals surface area contributed by atoms with Crippen LogP contribution >= 0.6 is 0 Å². The summed E-state index contributed by atoms with van der Waals surface area (Å²) in [6.45, 7) is 0. The third-order valence-corrected chi connectivity index (χ3v) is 2.19. The van der Waals surface area contributed by atoms with Gasteiger partial charge in [-0.2, -0.15) is 0 Å². The molecule has 0 atom stereocenters. The molecule has 4 heteroatoms. The molecule has 2 aromatic heterocycles. The van der Waals surface area contributed by atoms with Crippen molar-refractivity contribution in [2.75, 3.05) is 0 Å². The summed E-state index contributed by atoms with van der Waals surface area (Å²) in [6.07, 6.45) is 3.65. The molecular weight excluding hydrogens is 204 g/mol. The molecule has 0 spiro atoms. The minimum absolute atomic E-state index is 0.0909. The second-order valence-electron chi connectivity index (χ2n) is 3.31. The zero-order chi connectivity index (χ0) is 11.4. The summed E-state index contributed by atoms with van der Waals surface area (Å²) in [7, 11) is 0. The summed E-state index contributed by atoms with van der Waals surface area (Å²) in [5.74, 6) is -1.01. The van der Waals surface area contributed by atoms with Gasteiger partial charge >= 0.3 is 5.97 Å². The van der Waals surface area contributed by atoms with Crippen molar-refractivity contribution in [2.45, 2.75) is 6.42 Å². The van der Waals surface area contributed by atoms with E-state index in [4.69, 9.17) is 5.11 Å². The molecule has 16 heavy (non-hydrogen) atoms. The smallest absolute Gasteiger partial charge is 0.354 e. The molecule has 0 aliphatic heterocycles. The minimum atomic E-state index is -1.01. The first kappa shape index (κ1) is 10.3. The van der Waals surface area contributed by atoms with Crippen molar-refractivity contribution in [3.63, 3.8) is 0 Å². The fraction of sp³-hybridized carbons (Fsp3) is 0.0833. The second-order valence-corrected chi connectivity index (χ2v) is 3.31. The van der Waals surface area contributed by atoms with E-state index in [0.29, 0.717) is 12.0 Å². The quantitative estimate of drug-likeness (QED) is 0.845. The molecule has 0 radical (unpaired) electrons. The first-order valence-corrected chi connectivity index (χ1v) is 4.84. The van der Waals surface area contributed by atoms with Gasteiger partial charge in [0.2, 0.25) is 0 Å². The van der Waals surface area contributed by atoms with Gasteiger partial charge < -0.3 is 5.11 Å². The number of aromatic nitrogens is 2. The largest absolute Gasteiger partial charge is 0.477 e. The van der Waals surface area contributed by atoms with Gasteiger partial charge in [-0.1, -0.05) is 12.1 Å². The van der Waals surface area contributed by atoms with Crippen LogP contribution in [0.2, 0.25) is 0 Å². The molecule has 0 amide bonds. The summed E-state index contributed by atoms with van der Waals surface area (Å²) < 4.78 is 0. The fourth-order valence-corrected chi connectivity index (χ4v) is 1.47. The van der Waals surface area contributed by atoms with Gasteiger partial charge in [0.25, 0.3) is 0 Å². The van der Waals surface area contributed by atoms with Crippen LogP contribution in [0.4, 0.5) is 0 Å².